The van der Waals surface area contributed by atoms with Gasteiger partial charge in [-0.15, -0.1) is 0 Å². The first kappa shape index (κ1) is 23.3. The molecular formula is C27H27FN4O2. The van der Waals surface area contributed by atoms with Crippen molar-refractivity contribution in [3.63, 3.8) is 0 Å². The largest absolute Gasteiger partial charge is 0.447 e. The third kappa shape index (κ3) is 6.36. The number of aryl methyl sites for hydroxylation is 2. The standard InChI is InChI=1S/C27H27FN4O2/c1-19-5-6-20(2)23(12-19)16-32(15-21-7-9-24(28)10-8-21)17-26-31-25(18-34-26)27(33)30-14-22-4-3-11-29-13-22/h3-13,18H,14-17H2,1-2H3,(H,30,33). The SMILES string of the molecule is Cc1ccc(C)c(CN(Cc2ccc(F)cc2)Cc2nc(C(=O)NCc3cccnc3)co2)c1. The Morgan fingerprint density at radius 3 is 2.62 bits per heavy atom. The Hall–Kier alpha value is -3.84. The number of halogens is 1. The van der Waals surface area contributed by atoms with Gasteiger partial charge in [-0.3, -0.25) is 14.7 Å². The van der Waals surface area contributed by atoms with E-state index in [1.807, 2.05) is 12.1 Å². The van der Waals surface area contributed by atoms with Crippen LogP contribution in [0.1, 0.15) is 44.2 Å². The smallest absolute Gasteiger partial charge is 0.273 e. The first-order valence-corrected chi connectivity index (χ1v) is 11.1. The predicted molar refractivity (Wildman–Crippen MR) is 127 cm³/mol. The van der Waals surface area contributed by atoms with Crippen LogP contribution in [0.5, 0.6) is 0 Å². The van der Waals surface area contributed by atoms with Crippen LogP contribution in [0.3, 0.4) is 0 Å². The highest BCUT2D eigenvalue weighted by Gasteiger charge is 2.16. The maximum atomic E-state index is 13.4. The van der Waals surface area contributed by atoms with Crippen LogP contribution in [0, 0.1) is 19.7 Å². The van der Waals surface area contributed by atoms with E-state index in [0.717, 1.165) is 11.1 Å². The molecule has 4 aromatic rings. The molecule has 2 heterocycles. The lowest BCUT2D eigenvalue weighted by Crippen LogP contribution is -2.24. The summed E-state index contributed by atoms with van der Waals surface area (Å²) in [5, 5.41) is 2.83. The van der Waals surface area contributed by atoms with Crippen LogP contribution in [0.15, 0.2) is 77.7 Å². The van der Waals surface area contributed by atoms with E-state index in [1.165, 1.54) is 35.1 Å². The summed E-state index contributed by atoms with van der Waals surface area (Å²) in [6, 6.07) is 16.5. The number of pyridine rings is 1. The second kappa shape index (κ2) is 10.9. The molecule has 0 bridgehead atoms. The van der Waals surface area contributed by atoms with Crippen molar-refractivity contribution in [3.8, 4) is 0 Å². The monoisotopic (exact) mass is 458 g/mol. The summed E-state index contributed by atoms with van der Waals surface area (Å²) in [5.41, 5.74) is 5.69. The normalized spacial score (nSPS) is 11.1. The van der Waals surface area contributed by atoms with Gasteiger partial charge < -0.3 is 9.73 Å². The Morgan fingerprint density at radius 1 is 1.03 bits per heavy atom. The van der Waals surface area contributed by atoms with Crippen LogP contribution in [0.25, 0.3) is 0 Å². The fraction of sp³-hybridized carbons (Fsp3) is 0.222. The van der Waals surface area contributed by atoms with Crippen molar-refractivity contribution in [1.82, 2.24) is 20.2 Å². The van der Waals surface area contributed by atoms with Crippen molar-refractivity contribution in [2.75, 3.05) is 0 Å². The van der Waals surface area contributed by atoms with Gasteiger partial charge in [-0.1, -0.05) is 42.0 Å². The average molecular weight is 459 g/mol. The van der Waals surface area contributed by atoms with Gasteiger partial charge in [0.2, 0.25) is 5.89 Å². The highest BCUT2D eigenvalue weighted by Crippen LogP contribution is 2.18. The zero-order valence-electron chi connectivity index (χ0n) is 19.3. The van der Waals surface area contributed by atoms with E-state index >= 15 is 0 Å². The first-order chi connectivity index (χ1) is 16.5. The number of nitrogens with one attached hydrogen (secondary N) is 1. The molecule has 0 fully saturated rings. The third-order valence-electron chi connectivity index (χ3n) is 5.54. The van der Waals surface area contributed by atoms with E-state index in [1.54, 1.807) is 24.5 Å². The molecule has 0 saturated carbocycles. The van der Waals surface area contributed by atoms with Crippen molar-refractivity contribution >= 4 is 5.91 Å². The number of hydrogen-bond acceptors (Lipinski definition) is 5. The minimum Gasteiger partial charge on any atom is -0.447 e. The molecule has 0 radical (unpaired) electrons. The lowest BCUT2D eigenvalue weighted by Gasteiger charge is -2.22. The van der Waals surface area contributed by atoms with Crippen LogP contribution in [0.2, 0.25) is 0 Å². The number of oxazole rings is 1. The maximum absolute atomic E-state index is 13.4. The van der Waals surface area contributed by atoms with Crippen molar-refractivity contribution in [3.05, 3.63) is 118 Å². The Kier molecular flexibility index (Phi) is 7.44. The molecular weight excluding hydrogens is 431 g/mol. The van der Waals surface area contributed by atoms with Gasteiger partial charge in [-0.05, 0) is 54.3 Å². The Labute approximate surface area is 198 Å². The van der Waals surface area contributed by atoms with E-state index in [4.69, 9.17) is 4.42 Å². The number of benzene rings is 2. The second-order valence-corrected chi connectivity index (χ2v) is 8.37. The fourth-order valence-corrected chi connectivity index (χ4v) is 3.68. The lowest BCUT2D eigenvalue weighted by atomic mass is 10.0. The molecule has 34 heavy (non-hydrogen) atoms. The van der Waals surface area contributed by atoms with E-state index in [0.29, 0.717) is 32.1 Å². The Morgan fingerprint density at radius 2 is 1.85 bits per heavy atom. The Bertz CT molecular complexity index is 1240. The molecule has 1 amide bonds. The lowest BCUT2D eigenvalue weighted by molar-refractivity contribution is 0.0945. The number of hydrogen-bond donors (Lipinski definition) is 1. The number of amides is 1. The molecule has 0 aliphatic rings. The molecule has 7 heteroatoms. The molecule has 6 nitrogen and oxygen atoms in total. The van der Waals surface area contributed by atoms with Crippen LogP contribution >= 0.6 is 0 Å². The topological polar surface area (TPSA) is 71.3 Å². The number of carbonyl (C=O) groups excluding carboxylic acids is 1. The quantitative estimate of drug-likeness (QED) is 0.384. The molecule has 0 unspecified atom stereocenters. The fourth-order valence-electron chi connectivity index (χ4n) is 3.68. The molecule has 2 aromatic heterocycles. The van der Waals surface area contributed by atoms with Gasteiger partial charge in [0, 0.05) is 32.0 Å². The van der Waals surface area contributed by atoms with Gasteiger partial charge >= 0.3 is 0 Å². The summed E-state index contributed by atoms with van der Waals surface area (Å²) in [7, 11) is 0. The summed E-state index contributed by atoms with van der Waals surface area (Å²) < 4.78 is 19.0. The summed E-state index contributed by atoms with van der Waals surface area (Å²) in [6.45, 7) is 6.16. The summed E-state index contributed by atoms with van der Waals surface area (Å²) in [5.74, 6) is -0.128. The molecule has 0 spiro atoms. The van der Waals surface area contributed by atoms with E-state index in [9.17, 15) is 9.18 Å². The van der Waals surface area contributed by atoms with Gasteiger partial charge in [-0.2, -0.15) is 0 Å². The van der Waals surface area contributed by atoms with Crippen LogP contribution in [0.4, 0.5) is 4.39 Å². The average Bonchev–Trinajstić information content (AvgIpc) is 3.30. The first-order valence-electron chi connectivity index (χ1n) is 11.1. The maximum Gasteiger partial charge on any atom is 0.273 e. The molecule has 0 atom stereocenters. The number of carbonyl (C=O) groups is 1. The second-order valence-electron chi connectivity index (χ2n) is 8.37. The van der Waals surface area contributed by atoms with Crippen LogP contribution in [-0.2, 0) is 26.2 Å². The number of nitrogens with zero attached hydrogens (tertiary/aromatic N) is 3. The summed E-state index contributed by atoms with van der Waals surface area (Å²) in [6.07, 6.45) is 4.77. The Balaban J connectivity index is 1.47. The van der Waals surface area contributed by atoms with Gasteiger partial charge in [0.05, 0.1) is 6.54 Å². The third-order valence-corrected chi connectivity index (χ3v) is 5.54. The molecule has 2 aromatic carbocycles. The van der Waals surface area contributed by atoms with Crippen molar-refractivity contribution in [1.29, 1.82) is 0 Å². The zero-order chi connectivity index (χ0) is 23.9. The number of aromatic nitrogens is 2. The molecule has 4 rings (SSSR count). The minimum absolute atomic E-state index is 0.229. The van der Waals surface area contributed by atoms with E-state index in [2.05, 4.69) is 52.2 Å². The molecule has 0 aliphatic carbocycles. The van der Waals surface area contributed by atoms with Crippen LogP contribution < -0.4 is 5.32 Å². The summed E-state index contributed by atoms with van der Waals surface area (Å²) >= 11 is 0. The molecule has 1 N–H and O–H groups in total. The minimum atomic E-state index is -0.307. The van der Waals surface area contributed by atoms with Crippen molar-refractivity contribution in [2.45, 2.75) is 40.0 Å². The molecule has 0 aliphatic heterocycles. The predicted octanol–water partition coefficient (Wildman–Crippen LogP) is 4.96. The van der Waals surface area contributed by atoms with Gasteiger partial charge in [0.1, 0.15) is 12.1 Å². The summed E-state index contributed by atoms with van der Waals surface area (Å²) in [4.78, 5) is 23.1. The van der Waals surface area contributed by atoms with E-state index < -0.39 is 0 Å². The zero-order valence-corrected chi connectivity index (χ0v) is 19.3. The van der Waals surface area contributed by atoms with Crippen molar-refractivity contribution < 1.29 is 13.6 Å². The van der Waals surface area contributed by atoms with E-state index in [-0.39, 0.29) is 17.4 Å². The van der Waals surface area contributed by atoms with Crippen molar-refractivity contribution in [2.24, 2.45) is 0 Å². The highest BCUT2D eigenvalue weighted by molar-refractivity contribution is 5.91. The van der Waals surface area contributed by atoms with Gasteiger partial charge in [-0.25, -0.2) is 9.37 Å². The van der Waals surface area contributed by atoms with Gasteiger partial charge in [0.25, 0.3) is 5.91 Å². The molecule has 0 saturated heterocycles. The van der Waals surface area contributed by atoms with Crippen LogP contribution in [-0.4, -0.2) is 20.8 Å². The highest BCUT2D eigenvalue weighted by atomic mass is 19.1. The van der Waals surface area contributed by atoms with Gasteiger partial charge in [0.15, 0.2) is 5.69 Å². The number of rotatable bonds is 9. The molecule has 174 valence electrons.